The maximum Gasteiger partial charge on any atom is 0.259 e. The molecule has 3 heterocycles. The number of hydrogen-bond acceptors (Lipinski definition) is 4. The molecule has 0 unspecified atom stereocenters. The van der Waals surface area contributed by atoms with Crippen molar-refractivity contribution in [2.24, 2.45) is 0 Å². The molecular formula is C16H21N3O2. The molecule has 0 radical (unpaired) electrons. The van der Waals surface area contributed by atoms with E-state index in [1.165, 1.54) is 25.7 Å². The monoisotopic (exact) mass is 287 g/mol. The Labute approximate surface area is 124 Å². The zero-order valence-electron chi connectivity index (χ0n) is 12.4. The Morgan fingerprint density at radius 3 is 2.90 bits per heavy atom. The van der Waals surface area contributed by atoms with E-state index in [-0.39, 0.29) is 18.1 Å². The molecule has 1 saturated heterocycles. The Balaban J connectivity index is 1.62. The number of rotatable bonds is 1. The fraction of sp³-hybridized carbons (Fsp3) is 0.625. The van der Waals surface area contributed by atoms with Gasteiger partial charge in [-0.2, -0.15) is 0 Å². The van der Waals surface area contributed by atoms with E-state index >= 15 is 0 Å². The minimum Gasteiger partial charge on any atom is -0.470 e. The van der Waals surface area contributed by atoms with Crippen molar-refractivity contribution in [3.05, 3.63) is 23.9 Å². The van der Waals surface area contributed by atoms with Crippen molar-refractivity contribution in [1.82, 2.24) is 14.8 Å². The lowest BCUT2D eigenvalue weighted by Gasteiger charge is -2.26. The third-order valence-electron chi connectivity index (χ3n) is 5.19. The van der Waals surface area contributed by atoms with E-state index < -0.39 is 0 Å². The molecule has 1 saturated carbocycles. The van der Waals surface area contributed by atoms with Gasteiger partial charge in [-0.25, -0.2) is 4.98 Å². The second-order valence-electron chi connectivity index (χ2n) is 6.39. The summed E-state index contributed by atoms with van der Waals surface area (Å²) in [5.41, 5.74) is 0.585. The van der Waals surface area contributed by atoms with Crippen LogP contribution in [0.25, 0.3) is 0 Å². The molecule has 1 aromatic heterocycles. The van der Waals surface area contributed by atoms with Crippen LogP contribution in [0.3, 0.4) is 0 Å². The van der Waals surface area contributed by atoms with Crippen molar-refractivity contribution in [1.29, 1.82) is 0 Å². The molecule has 1 amide bonds. The van der Waals surface area contributed by atoms with Crippen LogP contribution in [0.4, 0.5) is 0 Å². The molecule has 2 atom stereocenters. The van der Waals surface area contributed by atoms with E-state index in [0.29, 0.717) is 17.5 Å². The van der Waals surface area contributed by atoms with Gasteiger partial charge in [-0.3, -0.25) is 9.69 Å². The summed E-state index contributed by atoms with van der Waals surface area (Å²) in [6, 6.07) is 4.40. The second kappa shape index (κ2) is 4.98. The summed E-state index contributed by atoms with van der Waals surface area (Å²) in [5, 5.41) is 0. The molecule has 0 bridgehead atoms. The van der Waals surface area contributed by atoms with Gasteiger partial charge in [0.2, 0.25) is 5.88 Å². The fourth-order valence-electron chi connectivity index (χ4n) is 3.97. The number of aromatic nitrogens is 1. The van der Waals surface area contributed by atoms with Crippen molar-refractivity contribution in [2.75, 3.05) is 20.1 Å². The Kier molecular flexibility index (Phi) is 3.10. The van der Waals surface area contributed by atoms with Gasteiger partial charge in [0.15, 0.2) is 0 Å². The molecule has 4 rings (SSSR count). The minimum atomic E-state index is 0.0267. The predicted molar refractivity (Wildman–Crippen MR) is 78.4 cm³/mol. The molecule has 2 aliphatic heterocycles. The van der Waals surface area contributed by atoms with Gasteiger partial charge < -0.3 is 9.64 Å². The number of nitrogens with zero attached hydrogens (tertiary/aromatic N) is 3. The third kappa shape index (κ3) is 2.11. The van der Waals surface area contributed by atoms with Gasteiger partial charge in [0.05, 0.1) is 6.04 Å². The molecular weight excluding hydrogens is 266 g/mol. The Morgan fingerprint density at radius 2 is 2.10 bits per heavy atom. The van der Waals surface area contributed by atoms with Crippen LogP contribution < -0.4 is 4.74 Å². The van der Waals surface area contributed by atoms with E-state index in [1.807, 2.05) is 11.9 Å². The highest BCUT2D eigenvalue weighted by Gasteiger charge is 2.44. The first-order valence-electron chi connectivity index (χ1n) is 7.87. The molecule has 0 N–H and O–H groups in total. The number of likely N-dealkylation sites (N-methyl/N-ethyl adjacent to an activating group) is 1. The lowest BCUT2D eigenvalue weighted by molar-refractivity contribution is 0.0679. The molecule has 1 aromatic rings. The summed E-state index contributed by atoms with van der Waals surface area (Å²) in [7, 11) is 1.89. The van der Waals surface area contributed by atoms with Crippen LogP contribution in [-0.2, 0) is 0 Å². The van der Waals surface area contributed by atoms with Crippen molar-refractivity contribution >= 4 is 5.91 Å². The highest BCUT2D eigenvalue weighted by Crippen LogP contribution is 2.32. The van der Waals surface area contributed by atoms with Gasteiger partial charge in [0.25, 0.3) is 5.91 Å². The maximum atomic E-state index is 12.6. The van der Waals surface area contributed by atoms with E-state index in [2.05, 4.69) is 9.88 Å². The zero-order chi connectivity index (χ0) is 14.4. The lowest BCUT2D eigenvalue weighted by Crippen LogP contribution is -2.44. The van der Waals surface area contributed by atoms with Gasteiger partial charge in [-0.05, 0) is 25.0 Å². The molecule has 112 valence electrons. The summed E-state index contributed by atoms with van der Waals surface area (Å²) in [6.45, 7) is 1.83. The topological polar surface area (TPSA) is 45.7 Å². The fourth-order valence-corrected chi connectivity index (χ4v) is 3.97. The lowest BCUT2D eigenvalue weighted by atomic mass is 10.2. The summed E-state index contributed by atoms with van der Waals surface area (Å²) >= 11 is 0. The SMILES string of the molecule is CN1C(=O)c2cccnc2O[C@H]2CN(C3CCCC3)C[C@H]21. The quantitative estimate of drug-likeness (QED) is 0.786. The van der Waals surface area contributed by atoms with Gasteiger partial charge >= 0.3 is 0 Å². The van der Waals surface area contributed by atoms with Gasteiger partial charge in [0.1, 0.15) is 11.7 Å². The summed E-state index contributed by atoms with van der Waals surface area (Å²) in [4.78, 5) is 21.2. The van der Waals surface area contributed by atoms with E-state index in [1.54, 1.807) is 18.3 Å². The normalized spacial score (nSPS) is 30.0. The molecule has 3 aliphatic rings. The Hall–Kier alpha value is -1.62. The van der Waals surface area contributed by atoms with Crippen LogP contribution in [-0.4, -0.2) is 59.0 Å². The number of amides is 1. The first-order chi connectivity index (χ1) is 10.2. The zero-order valence-corrected chi connectivity index (χ0v) is 12.4. The van der Waals surface area contributed by atoms with Gasteiger partial charge in [0, 0.05) is 32.4 Å². The molecule has 21 heavy (non-hydrogen) atoms. The number of likely N-dealkylation sites (tertiary alicyclic amines) is 1. The minimum absolute atomic E-state index is 0.0267. The van der Waals surface area contributed by atoms with Crippen molar-refractivity contribution in [3.63, 3.8) is 0 Å². The molecule has 5 nitrogen and oxygen atoms in total. The number of ether oxygens (including phenoxy) is 1. The molecule has 0 spiro atoms. The molecule has 2 fully saturated rings. The molecule has 0 aromatic carbocycles. The highest BCUT2D eigenvalue weighted by molar-refractivity contribution is 5.96. The number of carbonyl (C=O) groups excluding carboxylic acids is 1. The first-order valence-corrected chi connectivity index (χ1v) is 7.87. The molecule has 1 aliphatic carbocycles. The van der Waals surface area contributed by atoms with Crippen LogP contribution in [0.1, 0.15) is 36.0 Å². The third-order valence-corrected chi connectivity index (χ3v) is 5.19. The smallest absolute Gasteiger partial charge is 0.259 e. The van der Waals surface area contributed by atoms with E-state index in [9.17, 15) is 4.79 Å². The summed E-state index contributed by atoms with van der Waals surface area (Å²) in [5.74, 6) is 0.522. The molecule has 5 heteroatoms. The Bertz CT molecular complexity index is 556. The van der Waals surface area contributed by atoms with Crippen LogP contribution >= 0.6 is 0 Å². The Morgan fingerprint density at radius 1 is 1.29 bits per heavy atom. The van der Waals surface area contributed by atoms with Gasteiger partial charge in [-0.15, -0.1) is 0 Å². The number of fused-ring (bicyclic) bond motifs is 2. The predicted octanol–water partition coefficient (Wildman–Crippen LogP) is 1.54. The summed E-state index contributed by atoms with van der Waals surface area (Å²) < 4.78 is 6.10. The second-order valence-corrected chi connectivity index (χ2v) is 6.39. The average Bonchev–Trinajstić information content (AvgIpc) is 3.13. The largest absolute Gasteiger partial charge is 0.470 e. The number of hydrogen-bond donors (Lipinski definition) is 0. The highest BCUT2D eigenvalue weighted by atomic mass is 16.5. The average molecular weight is 287 g/mol. The number of carbonyl (C=O) groups is 1. The van der Waals surface area contributed by atoms with Gasteiger partial charge in [-0.1, -0.05) is 12.8 Å². The first kappa shape index (κ1) is 13.1. The van der Waals surface area contributed by atoms with Crippen molar-refractivity contribution in [3.8, 4) is 5.88 Å². The van der Waals surface area contributed by atoms with Crippen molar-refractivity contribution in [2.45, 2.75) is 43.9 Å². The van der Waals surface area contributed by atoms with Crippen LogP contribution in [0.5, 0.6) is 5.88 Å². The summed E-state index contributed by atoms with van der Waals surface area (Å²) in [6.07, 6.45) is 6.96. The number of pyridine rings is 1. The van der Waals surface area contributed by atoms with Crippen LogP contribution in [0.15, 0.2) is 18.3 Å². The van der Waals surface area contributed by atoms with Crippen molar-refractivity contribution < 1.29 is 9.53 Å². The standard InChI is InChI=1S/C16H21N3O2/c1-18-13-9-19(11-5-2-3-6-11)10-14(13)21-15-12(16(18)20)7-4-8-17-15/h4,7-8,11,13-14H,2-3,5-6,9-10H2,1H3/t13-,14+/m1/s1. The maximum absolute atomic E-state index is 12.6. The van der Waals surface area contributed by atoms with E-state index in [0.717, 1.165) is 13.1 Å². The van der Waals surface area contributed by atoms with E-state index in [4.69, 9.17) is 4.74 Å². The van der Waals surface area contributed by atoms with Crippen LogP contribution in [0, 0.1) is 0 Å². The van der Waals surface area contributed by atoms with Crippen LogP contribution in [0.2, 0.25) is 0 Å².